The van der Waals surface area contributed by atoms with Gasteiger partial charge in [0, 0.05) is 32.2 Å². The van der Waals surface area contributed by atoms with Crippen LogP contribution >= 0.6 is 0 Å². The van der Waals surface area contributed by atoms with Crippen molar-refractivity contribution >= 4 is 11.6 Å². The maximum atomic E-state index is 5.82. The molecule has 1 aliphatic rings. The van der Waals surface area contributed by atoms with Gasteiger partial charge in [0.25, 0.3) is 0 Å². The molecule has 0 bridgehead atoms. The normalized spacial score (nSPS) is 23.3. The van der Waals surface area contributed by atoms with E-state index in [1.165, 1.54) is 0 Å². The zero-order valence-corrected chi connectivity index (χ0v) is 11.1. The largest absolute Gasteiger partial charge is 0.383 e. The predicted octanol–water partition coefficient (Wildman–Crippen LogP) is 0.893. The summed E-state index contributed by atoms with van der Waals surface area (Å²) in [6.45, 7) is 5.72. The molecule has 2 heterocycles. The highest BCUT2D eigenvalue weighted by molar-refractivity contribution is 5.54. The minimum absolute atomic E-state index is 0.264. The summed E-state index contributed by atoms with van der Waals surface area (Å²) < 4.78 is 11.0. The van der Waals surface area contributed by atoms with Gasteiger partial charge in [-0.15, -0.1) is 0 Å². The minimum Gasteiger partial charge on any atom is -0.383 e. The number of nitrogen functional groups attached to an aromatic ring is 1. The SMILES string of the molecule is COC1(CNc2nc(C)nc(N)c2C)CCOC1. The number of methoxy groups -OCH3 is 1. The molecule has 0 aliphatic carbocycles. The number of aryl methyl sites for hydroxylation is 1. The number of nitrogens with one attached hydrogen (secondary N) is 1. The van der Waals surface area contributed by atoms with Crippen LogP contribution in [0.1, 0.15) is 17.8 Å². The second kappa shape index (κ2) is 5.07. The Morgan fingerprint density at radius 2 is 2.22 bits per heavy atom. The van der Waals surface area contributed by atoms with E-state index in [9.17, 15) is 0 Å². The van der Waals surface area contributed by atoms with Crippen LogP contribution < -0.4 is 11.1 Å². The first kappa shape index (κ1) is 13.0. The molecule has 1 aliphatic heterocycles. The summed E-state index contributed by atoms with van der Waals surface area (Å²) in [5.74, 6) is 1.94. The Balaban J connectivity index is 2.10. The van der Waals surface area contributed by atoms with Crippen molar-refractivity contribution in [1.29, 1.82) is 0 Å². The zero-order valence-electron chi connectivity index (χ0n) is 11.1. The van der Waals surface area contributed by atoms with Crippen LogP contribution in [0.5, 0.6) is 0 Å². The van der Waals surface area contributed by atoms with Crippen LogP contribution in [0.25, 0.3) is 0 Å². The van der Waals surface area contributed by atoms with Crippen molar-refractivity contribution < 1.29 is 9.47 Å². The third-order valence-electron chi connectivity index (χ3n) is 3.37. The summed E-state index contributed by atoms with van der Waals surface area (Å²) in [5, 5.41) is 3.29. The highest BCUT2D eigenvalue weighted by atomic mass is 16.5. The summed E-state index contributed by atoms with van der Waals surface area (Å²) in [6.07, 6.45) is 0.884. The topological polar surface area (TPSA) is 82.3 Å². The van der Waals surface area contributed by atoms with Crippen LogP contribution in [0.15, 0.2) is 0 Å². The van der Waals surface area contributed by atoms with Gasteiger partial charge in [0.2, 0.25) is 0 Å². The molecule has 1 atom stereocenters. The molecule has 2 rings (SSSR count). The van der Waals surface area contributed by atoms with Crippen LogP contribution in [-0.2, 0) is 9.47 Å². The van der Waals surface area contributed by atoms with E-state index < -0.39 is 0 Å². The molecule has 0 spiro atoms. The molecule has 0 radical (unpaired) electrons. The summed E-state index contributed by atoms with van der Waals surface area (Å²) in [5.41, 5.74) is 6.43. The number of nitrogens with two attached hydrogens (primary N) is 1. The van der Waals surface area contributed by atoms with Crippen LogP contribution in [0.2, 0.25) is 0 Å². The molecule has 6 nitrogen and oxygen atoms in total. The monoisotopic (exact) mass is 252 g/mol. The molecule has 1 aromatic rings. The van der Waals surface area contributed by atoms with E-state index in [1.54, 1.807) is 7.11 Å². The van der Waals surface area contributed by atoms with Crippen LogP contribution in [0.3, 0.4) is 0 Å². The quantitative estimate of drug-likeness (QED) is 0.828. The van der Waals surface area contributed by atoms with Crippen molar-refractivity contribution in [3.8, 4) is 0 Å². The molecule has 3 N–H and O–H groups in total. The van der Waals surface area contributed by atoms with Gasteiger partial charge in [0.1, 0.15) is 23.1 Å². The van der Waals surface area contributed by atoms with Gasteiger partial charge in [-0.2, -0.15) is 0 Å². The molecule has 6 heteroatoms. The molecule has 100 valence electrons. The first-order valence-electron chi connectivity index (χ1n) is 6.04. The van der Waals surface area contributed by atoms with Crippen molar-refractivity contribution in [2.45, 2.75) is 25.9 Å². The van der Waals surface area contributed by atoms with Gasteiger partial charge >= 0.3 is 0 Å². The Kier molecular flexibility index (Phi) is 3.68. The van der Waals surface area contributed by atoms with Crippen LogP contribution in [0, 0.1) is 13.8 Å². The first-order chi connectivity index (χ1) is 8.56. The lowest BCUT2D eigenvalue weighted by Crippen LogP contribution is -2.40. The molecule has 0 amide bonds. The van der Waals surface area contributed by atoms with Crippen LogP contribution in [0.4, 0.5) is 11.6 Å². The zero-order chi connectivity index (χ0) is 13.2. The predicted molar refractivity (Wildman–Crippen MR) is 69.6 cm³/mol. The van der Waals surface area contributed by atoms with E-state index in [-0.39, 0.29) is 5.60 Å². The Bertz CT molecular complexity index is 430. The molecule has 0 aromatic carbocycles. The number of aromatic nitrogens is 2. The summed E-state index contributed by atoms with van der Waals surface area (Å²) >= 11 is 0. The second-order valence-electron chi connectivity index (χ2n) is 4.67. The fourth-order valence-corrected chi connectivity index (χ4v) is 2.03. The third kappa shape index (κ3) is 2.54. The lowest BCUT2D eigenvalue weighted by molar-refractivity contribution is -0.00626. The number of hydrogen-bond donors (Lipinski definition) is 2. The molecule has 0 saturated carbocycles. The van der Waals surface area contributed by atoms with Crippen molar-refractivity contribution in [2.75, 3.05) is 37.9 Å². The third-order valence-corrected chi connectivity index (χ3v) is 3.37. The number of ether oxygens (including phenoxy) is 2. The Hall–Kier alpha value is -1.40. The van der Waals surface area contributed by atoms with Crippen molar-refractivity contribution in [3.05, 3.63) is 11.4 Å². The fourth-order valence-electron chi connectivity index (χ4n) is 2.03. The van der Waals surface area contributed by atoms with Crippen molar-refractivity contribution in [2.24, 2.45) is 0 Å². The van der Waals surface area contributed by atoms with Crippen LogP contribution in [-0.4, -0.2) is 42.4 Å². The van der Waals surface area contributed by atoms with Gasteiger partial charge in [0.05, 0.1) is 6.61 Å². The van der Waals surface area contributed by atoms with E-state index >= 15 is 0 Å². The van der Waals surface area contributed by atoms with Gasteiger partial charge < -0.3 is 20.5 Å². The molecule has 18 heavy (non-hydrogen) atoms. The number of nitrogens with zero attached hydrogens (tertiary/aromatic N) is 2. The average Bonchev–Trinajstić information content (AvgIpc) is 2.81. The highest BCUT2D eigenvalue weighted by Crippen LogP contribution is 2.24. The Labute approximate surface area is 107 Å². The summed E-state index contributed by atoms with van der Waals surface area (Å²) in [4.78, 5) is 8.48. The Morgan fingerprint density at radius 1 is 1.44 bits per heavy atom. The molecule has 1 saturated heterocycles. The molecular weight excluding hydrogens is 232 g/mol. The summed E-state index contributed by atoms with van der Waals surface area (Å²) in [6, 6.07) is 0. The number of anilines is 2. The van der Waals surface area contributed by atoms with Gasteiger partial charge in [-0.3, -0.25) is 0 Å². The molecule has 1 unspecified atom stereocenters. The first-order valence-corrected chi connectivity index (χ1v) is 6.04. The summed E-state index contributed by atoms with van der Waals surface area (Å²) in [7, 11) is 1.71. The van der Waals surface area contributed by atoms with Crippen molar-refractivity contribution in [3.63, 3.8) is 0 Å². The second-order valence-corrected chi connectivity index (χ2v) is 4.67. The number of rotatable bonds is 4. The Morgan fingerprint density at radius 3 is 2.83 bits per heavy atom. The van der Waals surface area contributed by atoms with Gasteiger partial charge in [0.15, 0.2) is 0 Å². The average molecular weight is 252 g/mol. The van der Waals surface area contributed by atoms with Gasteiger partial charge in [-0.1, -0.05) is 0 Å². The van der Waals surface area contributed by atoms with E-state index in [4.69, 9.17) is 15.2 Å². The van der Waals surface area contributed by atoms with Gasteiger partial charge in [-0.25, -0.2) is 9.97 Å². The minimum atomic E-state index is -0.264. The van der Waals surface area contributed by atoms with E-state index in [0.717, 1.165) is 24.4 Å². The van der Waals surface area contributed by atoms with Gasteiger partial charge in [-0.05, 0) is 13.8 Å². The standard InChI is InChI=1S/C12H20N4O2/c1-8-10(13)15-9(2)16-11(8)14-6-12(17-3)4-5-18-7-12/h4-7H2,1-3H3,(H3,13,14,15,16). The molecule has 1 fully saturated rings. The van der Waals surface area contributed by atoms with Crippen molar-refractivity contribution in [1.82, 2.24) is 9.97 Å². The number of hydrogen-bond acceptors (Lipinski definition) is 6. The van der Waals surface area contributed by atoms with E-state index in [1.807, 2.05) is 13.8 Å². The maximum absolute atomic E-state index is 5.82. The lowest BCUT2D eigenvalue weighted by Gasteiger charge is -2.26. The highest BCUT2D eigenvalue weighted by Gasteiger charge is 2.34. The maximum Gasteiger partial charge on any atom is 0.134 e. The molecular formula is C12H20N4O2. The lowest BCUT2D eigenvalue weighted by atomic mass is 10.0. The van der Waals surface area contributed by atoms with E-state index in [0.29, 0.717) is 24.8 Å². The van der Waals surface area contributed by atoms with E-state index in [2.05, 4.69) is 15.3 Å². The smallest absolute Gasteiger partial charge is 0.134 e. The fraction of sp³-hybridized carbons (Fsp3) is 0.667. The molecule has 1 aromatic heterocycles.